The van der Waals surface area contributed by atoms with Gasteiger partial charge >= 0.3 is 0 Å². The van der Waals surface area contributed by atoms with Crippen LogP contribution in [0, 0.1) is 0 Å². The molecule has 5 nitrogen and oxygen atoms in total. The van der Waals surface area contributed by atoms with Crippen molar-refractivity contribution in [3.8, 4) is 62.1 Å². The van der Waals surface area contributed by atoms with E-state index >= 15 is 0 Å². The Hall–Kier alpha value is -7.63. The van der Waals surface area contributed by atoms with Crippen LogP contribution in [0.5, 0.6) is 0 Å². The second-order valence-corrected chi connectivity index (χ2v) is 13.1. The summed E-state index contributed by atoms with van der Waals surface area (Å²) in [6, 6.07) is 29.7. The zero-order valence-corrected chi connectivity index (χ0v) is 29.2. The van der Waals surface area contributed by atoms with E-state index in [1.807, 2.05) is 72.8 Å². The van der Waals surface area contributed by atoms with Crippen LogP contribution < -0.4 is 0 Å². The van der Waals surface area contributed by atoms with Crippen molar-refractivity contribution in [3.63, 3.8) is 0 Å². The van der Waals surface area contributed by atoms with Crippen molar-refractivity contribution in [1.82, 2.24) is 19.5 Å². The van der Waals surface area contributed by atoms with Crippen molar-refractivity contribution in [2.75, 3.05) is 0 Å². The highest BCUT2D eigenvalue weighted by Gasteiger charge is 2.20. The van der Waals surface area contributed by atoms with E-state index in [0.717, 1.165) is 10.8 Å². The molecule has 0 N–H and O–H groups in total. The van der Waals surface area contributed by atoms with E-state index in [4.69, 9.17) is 27.6 Å². The number of hydrogen-bond donors (Lipinski definition) is 0. The lowest BCUT2D eigenvalue weighted by Gasteiger charge is -2.16. The number of aromatic nitrogens is 4. The molecule has 0 unspecified atom stereocenters. The SMILES string of the molecule is [2H]c1c([2H])c([2H])c(-c2cc(-c3nc(-c4ccccc4)nc(-c4ccc5c(c4)oc4ccccc45)n3)ccc2-n2c3c([2H])c([2H])c([2H])c([2H])c3c3c([2H])c([2H])c(-c4ccccc4)c([2H])c32)c([2H])c1[2H]. The van der Waals surface area contributed by atoms with Gasteiger partial charge in [0.15, 0.2) is 17.5 Å². The summed E-state index contributed by atoms with van der Waals surface area (Å²) in [5.41, 5.74) is 3.02. The van der Waals surface area contributed by atoms with Gasteiger partial charge in [-0.3, -0.25) is 0 Å². The van der Waals surface area contributed by atoms with Gasteiger partial charge in [-0.2, -0.15) is 0 Å². The molecular weight excluding hydrogens is 685 g/mol. The van der Waals surface area contributed by atoms with Crippen molar-refractivity contribution < 1.29 is 20.9 Å². The first-order valence-corrected chi connectivity index (χ1v) is 17.8. The Labute approximate surface area is 339 Å². The number of benzene rings is 8. The summed E-state index contributed by atoms with van der Waals surface area (Å²) in [6.45, 7) is 0. The lowest BCUT2D eigenvalue weighted by molar-refractivity contribution is 0.669. The third kappa shape index (κ3) is 5.37. The number of fused-ring (bicyclic) bond motifs is 6. The molecule has 0 atom stereocenters. The standard InChI is InChI=1S/C51H32N4O/c1-4-14-33(15-5-1)36-24-27-40-39-20-10-12-22-44(39)55(46(40)31-36)45-29-26-37(30-43(45)34-16-6-2-7-17-34)50-52-49(35-18-8-3-9-19-35)53-51(54-50)38-25-28-42-41-21-11-13-23-47(41)56-48(42)32-38/h1-32H/i2D,6D,7D,10D,12D,16D,17D,20D,22D,24D,27D,31D. The molecule has 5 heteroatoms. The number of para-hydroxylation sites is 2. The summed E-state index contributed by atoms with van der Waals surface area (Å²) in [5.74, 6) is 0.732. The summed E-state index contributed by atoms with van der Waals surface area (Å²) in [7, 11) is 0. The predicted octanol–water partition coefficient (Wildman–Crippen LogP) is 13.2. The van der Waals surface area contributed by atoms with Gasteiger partial charge in [0.25, 0.3) is 0 Å². The largest absolute Gasteiger partial charge is 0.456 e. The fourth-order valence-electron chi connectivity index (χ4n) is 7.17. The first kappa shape index (κ1) is 21.9. The van der Waals surface area contributed by atoms with Crippen LogP contribution >= 0.6 is 0 Å². The maximum atomic E-state index is 9.78. The van der Waals surface area contributed by atoms with Crippen molar-refractivity contribution in [2.24, 2.45) is 0 Å². The van der Waals surface area contributed by atoms with Gasteiger partial charge in [0.2, 0.25) is 0 Å². The molecule has 0 aliphatic rings. The van der Waals surface area contributed by atoms with Crippen molar-refractivity contribution in [2.45, 2.75) is 0 Å². The molecule has 0 aliphatic heterocycles. The molecule has 56 heavy (non-hydrogen) atoms. The summed E-state index contributed by atoms with van der Waals surface area (Å²) < 4.78 is 116. The van der Waals surface area contributed by atoms with Crippen LogP contribution in [0.2, 0.25) is 0 Å². The van der Waals surface area contributed by atoms with Gasteiger partial charge < -0.3 is 8.98 Å². The molecule has 0 fully saturated rings. The van der Waals surface area contributed by atoms with E-state index in [1.165, 1.54) is 4.57 Å². The van der Waals surface area contributed by atoms with Crippen LogP contribution in [0.3, 0.4) is 0 Å². The highest BCUT2D eigenvalue weighted by Crippen LogP contribution is 2.40. The average Bonchev–Trinajstić information content (AvgIpc) is 3.93. The third-order valence-electron chi connectivity index (χ3n) is 9.79. The van der Waals surface area contributed by atoms with Gasteiger partial charge in [-0.15, -0.1) is 0 Å². The molecule has 0 saturated carbocycles. The molecule has 11 aromatic rings. The van der Waals surface area contributed by atoms with E-state index in [9.17, 15) is 8.22 Å². The van der Waals surface area contributed by atoms with E-state index < -0.39 is 60.4 Å². The number of nitrogens with zero attached hydrogens (tertiary/aromatic N) is 4. The Morgan fingerprint density at radius 3 is 1.84 bits per heavy atom. The van der Waals surface area contributed by atoms with Crippen molar-refractivity contribution >= 4 is 43.7 Å². The fourth-order valence-corrected chi connectivity index (χ4v) is 7.17. The van der Waals surface area contributed by atoms with E-state index in [1.54, 1.807) is 48.5 Å². The molecule has 11 rings (SSSR count). The fraction of sp³-hybridized carbons (Fsp3) is 0. The van der Waals surface area contributed by atoms with Gasteiger partial charge in [-0.25, -0.2) is 15.0 Å². The predicted molar refractivity (Wildman–Crippen MR) is 229 cm³/mol. The zero-order chi connectivity index (χ0) is 47.4. The topological polar surface area (TPSA) is 56.7 Å². The number of rotatable bonds is 6. The quantitative estimate of drug-likeness (QED) is 0.171. The second-order valence-electron chi connectivity index (χ2n) is 13.1. The molecule has 8 aromatic carbocycles. The molecule has 0 saturated heterocycles. The minimum Gasteiger partial charge on any atom is -0.456 e. The number of hydrogen-bond acceptors (Lipinski definition) is 4. The Kier molecular flexibility index (Phi) is 5.10. The third-order valence-corrected chi connectivity index (χ3v) is 9.79. The van der Waals surface area contributed by atoms with Gasteiger partial charge in [0.1, 0.15) is 11.2 Å². The molecular formula is C51H32N4O. The molecule has 0 spiro atoms. The first-order valence-electron chi connectivity index (χ1n) is 23.8. The van der Waals surface area contributed by atoms with Crippen molar-refractivity contribution in [3.05, 3.63) is 194 Å². The Morgan fingerprint density at radius 1 is 0.411 bits per heavy atom. The minimum absolute atomic E-state index is 0.000212. The van der Waals surface area contributed by atoms with E-state index in [-0.39, 0.29) is 67.9 Å². The van der Waals surface area contributed by atoms with Gasteiger partial charge in [-0.05, 0) is 65.2 Å². The van der Waals surface area contributed by atoms with Crippen LogP contribution in [0.25, 0.3) is 106 Å². The highest BCUT2D eigenvalue weighted by atomic mass is 16.3. The van der Waals surface area contributed by atoms with Crippen LogP contribution in [0.4, 0.5) is 0 Å². The molecule has 3 aromatic heterocycles. The van der Waals surface area contributed by atoms with Gasteiger partial charge in [0, 0.05) is 43.8 Å². The summed E-state index contributed by atoms with van der Waals surface area (Å²) >= 11 is 0. The normalized spacial score (nSPS) is 14.6. The minimum atomic E-state index is -0.633. The zero-order valence-electron chi connectivity index (χ0n) is 41.2. The molecule has 0 radical (unpaired) electrons. The maximum absolute atomic E-state index is 9.78. The summed E-state index contributed by atoms with van der Waals surface area (Å²) in [4.78, 5) is 14.8. The van der Waals surface area contributed by atoms with Gasteiger partial charge in [0.05, 0.1) is 33.2 Å². The lowest BCUT2D eigenvalue weighted by Crippen LogP contribution is -2.02. The monoisotopic (exact) mass is 728 g/mol. The highest BCUT2D eigenvalue weighted by molar-refractivity contribution is 6.11. The second kappa shape index (κ2) is 13.0. The Balaban J connectivity index is 1.25. The summed E-state index contributed by atoms with van der Waals surface area (Å²) in [5, 5.41) is 1.64. The number of furan rings is 1. The average molecular weight is 729 g/mol. The lowest BCUT2D eigenvalue weighted by atomic mass is 9.99. The maximum Gasteiger partial charge on any atom is 0.164 e. The van der Waals surface area contributed by atoms with Crippen molar-refractivity contribution in [1.29, 1.82) is 0 Å². The van der Waals surface area contributed by atoms with E-state index in [0.29, 0.717) is 39.2 Å². The summed E-state index contributed by atoms with van der Waals surface area (Å²) in [6.07, 6.45) is 0. The Bertz CT molecular complexity index is 3920. The van der Waals surface area contributed by atoms with Crippen LogP contribution in [-0.2, 0) is 0 Å². The van der Waals surface area contributed by atoms with Gasteiger partial charge in [-0.1, -0.05) is 145 Å². The van der Waals surface area contributed by atoms with Crippen LogP contribution in [-0.4, -0.2) is 19.5 Å². The van der Waals surface area contributed by atoms with Crippen LogP contribution in [0.15, 0.2) is 198 Å². The molecule has 262 valence electrons. The first-order chi connectivity index (χ1) is 32.7. The van der Waals surface area contributed by atoms with Crippen LogP contribution in [0.1, 0.15) is 16.4 Å². The Morgan fingerprint density at radius 2 is 1.04 bits per heavy atom. The smallest absolute Gasteiger partial charge is 0.164 e. The molecule has 0 amide bonds. The molecule has 3 heterocycles. The molecule has 0 bridgehead atoms. The van der Waals surface area contributed by atoms with E-state index in [2.05, 4.69) is 0 Å². The molecule has 0 aliphatic carbocycles.